The van der Waals surface area contributed by atoms with Crippen molar-refractivity contribution in [3.05, 3.63) is 22.7 Å². The Labute approximate surface area is 134 Å². The van der Waals surface area contributed by atoms with Crippen LogP contribution in [0.15, 0.2) is 27.6 Å². The highest BCUT2D eigenvalue weighted by Crippen LogP contribution is 2.34. The number of nitrogens with zero attached hydrogens (tertiary/aromatic N) is 1. The molecule has 2 atom stereocenters. The van der Waals surface area contributed by atoms with Crippen LogP contribution in [0.5, 0.6) is 5.75 Å². The molecule has 0 saturated carbocycles. The summed E-state index contributed by atoms with van der Waals surface area (Å²) in [5.74, 6) is 0.353. The molecule has 2 rings (SSSR count). The quantitative estimate of drug-likeness (QED) is 0.874. The van der Waals surface area contributed by atoms with Gasteiger partial charge in [-0.3, -0.25) is 0 Å². The highest BCUT2D eigenvalue weighted by atomic mass is 79.9. The lowest BCUT2D eigenvalue weighted by atomic mass is 10.00. The lowest BCUT2D eigenvalue weighted by Crippen LogP contribution is -2.51. The summed E-state index contributed by atoms with van der Waals surface area (Å²) in [5, 5.41) is 0. The van der Waals surface area contributed by atoms with Crippen molar-refractivity contribution in [2.24, 2.45) is 5.73 Å². The molecule has 2 N–H and O–H groups in total. The van der Waals surface area contributed by atoms with Crippen molar-refractivity contribution >= 4 is 26.0 Å². The van der Waals surface area contributed by atoms with Gasteiger partial charge in [0, 0.05) is 23.1 Å². The molecule has 5 nitrogen and oxygen atoms in total. The number of hydrogen-bond acceptors (Lipinski definition) is 4. The zero-order valence-corrected chi connectivity index (χ0v) is 14.7. The van der Waals surface area contributed by atoms with Gasteiger partial charge in [0.25, 0.3) is 0 Å². The number of hydrogen-bond donors (Lipinski definition) is 1. The summed E-state index contributed by atoms with van der Waals surface area (Å²) < 4.78 is 33.6. The van der Waals surface area contributed by atoms with Crippen molar-refractivity contribution in [2.45, 2.75) is 43.2 Å². The molecule has 0 amide bonds. The SMILES string of the molecule is COc1ccc(Br)cc1S(=O)(=O)N1C(C)CCCC1CN. The van der Waals surface area contributed by atoms with E-state index in [0.717, 1.165) is 19.3 Å². The summed E-state index contributed by atoms with van der Waals surface area (Å²) in [7, 11) is -2.16. The minimum Gasteiger partial charge on any atom is -0.495 e. The van der Waals surface area contributed by atoms with Crippen LogP contribution in [0.3, 0.4) is 0 Å². The second-order valence-electron chi connectivity index (χ2n) is 5.30. The van der Waals surface area contributed by atoms with Crippen molar-refractivity contribution < 1.29 is 13.2 Å². The molecule has 1 saturated heterocycles. The van der Waals surface area contributed by atoms with Crippen LogP contribution in [0.1, 0.15) is 26.2 Å². The number of methoxy groups -OCH3 is 1. The Balaban J connectivity index is 2.52. The minimum atomic E-state index is -3.64. The van der Waals surface area contributed by atoms with Crippen molar-refractivity contribution in [1.82, 2.24) is 4.31 Å². The van der Waals surface area contributed by atoms with Gasteiger partial charge in [-0.25, -0.2) is 8.42 Å². The van der Waals surface area contributed by atoms with E-state index in [9.17, 15) is 8.42 Å². The Morgan fingerprint density at radius 1 is 1.43 bits per heavy atom. The summed E-state index contributed by atoms with van der Waals surface area (Å²) >= 11 is 3.33. The number of benzene rings is 1. The average molecular weight is 377 g/mol. The van der Waals surface area contributed by atoms with E-state index in [1.165, 1.54) is 7.11 Å². The third-order valence-corrected chi connectivity index (χ3v) is 6.49. The predicted octanol–water partition coefficient (Wildman–Crippen LogP) is 2.35. The third kappa shape index (κ3) is 3.26. The van der Waals surface area contributed by atoms with E-state index in [1.807, 2.05) is 6.92 Å². The van der Waals surface area contributed by atoms with Crippen LogP contribution >= 0.6 is 15.9 Å². The van der Waals surface area contributed by atoms with Gasteiger partial charge in [0.15, 0.2) is 0 Å². The van der Waals surface area contributed by atoms with Gasteiger partial charge in [-0.1, -0.05) is 22.4 Å². The molecule has 1 heterocycles. The Kier molecular flexibility index (Phi) is 5.29. The standard InChI is InChI=1S/C14H21BrN2O3S/c1-10-4-3-5-12(9-16)17(10)21(18,19)14-8-11(15)6-7-13(14)20-2/h6-8,10,12H,3-5,9,16H2,1-2H3. The maximum Gasteiger partial charge on any atom is 0.247 e. The molecule has 118 valence electrons. The smallest absolute Gasteiger partial charge is 0.247 e. The first kappa shape index (κ1) is 16.7. The van der Waals surface area contributed by atoms with Crippen LogP contribution < -0.4 is 10.5 Å². The third-order valence-electron chi connectivity index (χ3n) is 3.91. The lowest BCUT2D eigenvalue weighted by molar-refractivity contribution is 0.195. The van der Waals surface area contributed by atoms with Crippen LogP contribution in [0.2, 0.25) is 0 Å². The van der Waals surface area contributed by atoms with Crippen molar-refractivity contribution in [2.75, 3.05) is 13.7 Å². The van der Waals surface area contributed by atoms with Gasteiger partial charge >= 0.3 is 0 Å². The van der Waals surface area contributed by atoms with Gasteiger partial charge in [-0.15, -0.1) is 0 Å². The van der Waals surface area contributed by atoms with E-state index in [0.29, 0.717) is 16.8 Å². The van der Waals surface area contributed by atoms with Gasteiger partial charge in [-0.2, -0.15) is 4.31 Å². The Bertz CT molecular complexity index is 606. The number of halogens is 1. The molecule has 1 fully saturated rings. The van der Waals surface area contributed by atoms with E-state index >= 15 is 0 Å². The van der Waals surface area contributed by atoms with Crippen molar-refractivity contribution in [3.8, 4) is 5.75 Å². The summed E-state index contributed by atoms with van der Waals surface area (Å²) in [6.07, 6.45) is 2.66. The molecule has 0 radical (unpaired) electrons. The number of nitrogens with two attached hydrogens (primary N) is 1. The summed E-state index contributed by atoms with van der Waals surface area (Å²) in [4.78, 5) is 0.187. The molecule has 0 aliphatic carbocycles. The zero-order chi connectivity index (χ0) is 15.6. The molecule has 1 aliphatic heterocycles. The number of sulfonamides is 1. The fourth-order valence-corrected chi connectivity index (χ4v) is 5.47. The molecule has 0 aromatic heterocycles. The fourth-order valence-electron chi connectivity index (χ4n) is 2.88. The normalized spacial score (nSPS) is 24.0. The number of ether oxygens (including phenoxy) is 1. The van der Waals surface area contributed by atoms with E-state index in [2.05, 4.69) is 15.9 Å². The van der Waals surface area contributed by atoms with Crippen LogP contribution in [-0.4, -0.2) is 38.5 Å². The van der Waals surface area contributed by atoms with Crippen LogP contribution in [-0.2, 0) is 10.0 Å². The van der Waals surface area contributed by atoms with E-state index in [1.54, 1.807) is 22.5 Å². The largest absolute Gasteiger partial charge is 0.495 e. The fraction of sp³-hybridized carbons (Fsp3) is 0.571. The molecular weight excluding hydrogens is 356 g/mol. The Morgan fingerprint density at radius 2 is 2.14 bits per heavy atom. The molecule has 7 heteroatoms. The Morgan fingerprint density at radius 3 is 2.76 bits per heavy atom. The molecule has 1 aromatic carbocycles. The first-order valence-electron chi connectivity index (χ1n) is 6.99. The number of rotatable bonds is 4. The predicted molar refractivity (Wildman–Crippen MR) is 85.9 cm³/mol. The van der Waals surface area contributed by atoms with E-state index < -0.39 is 10.0 Å². The van der Waals surface area contributed by atoms with Crippen molar-refractivity contribution in [1.29, 1.82) is 0 Å². The summed E-state index contributed by atoms with van der Waals surface area (Å²) in [6, 6.07) is 4.80. The van der Waals surface area contributed by atoms with Crippen LogP contribution in [0.4, 0.5) is 0 Å². The van der Waals surface area contributed by atoms with Gasteiger partial charge < -0.3 is 10.5 Å². The zero-order valence-electron chi connectivity index (χ0n) is 12.3. The molecule has 0 bridgehead atoms. The molecule has 2 unspecified atom stereocenters. The second-order valence-corrected chi connectivity index (χ2v) is 8.03. The molecule has 0 spiro atoms. The highest BCUT2D eigenvalue weighted by molar-refractivity contribution is 9.10. The molecule has 1 aliphatic rings. The van der Waals surface area contributed by atoms with Gasteiger partial charge in [0.1, 0.15) is 10.6 Å². The molecule has 21 heavy (non-hydrogen) atoms. The molecule has 1 aromatic rings. The highest BCUT2D eigenvalue weighted by Gasteiger charge is 2.38. The van der Waals surface area contributed by atoms with Gasteiger partial charge in [-0.05, 0) is 38.0 Å². The van der Waals surface area contributed by atoms with Crippen LogP contribution in [0.25, 0.3) is 0 Å². The monoisotopic (exact) mass is 376 g/mol. The summed E-state index contributed by atoms with van der Waals surface area (Å²) in [5.41, 5.74) is 5.78. The first-order chi connectivity index (χ1) is 9.91. The minimum absolute atomic E-state index is 0.0546. The lowest BCUT2D eigenvalue weighted by Gasteiger charge is -2.39. The number of piperidine rings is 1. The van der Waals surface area contributed by atoms with Gasteiger partial charge in [0.2, 0.25) is 10.0 Å². The average Bonchev–Trinajstić information content (AvgIpc) is 2.46. The van der Waals surface area contributed by atoms with Crippen LogP contribution in [0, 0.1) is 0 Å². The van der Waals surface area contributed by atoms with E-state index in [-0.39, 0.29) is 17.0 Å². The molecular formula is C14H21BrN2O3S. The van der Waals surface area contributed by atoms with E-state index in [4.69, 9.17) is 10.5 Å². The maximum absolute atomic E-state index is 13.1. The van der Waals surface area contributed by atoms with Crippen molar-refractivity contribution in [3.63, 3.8) is 0 Å². The van der Waals surface area contributed by atoms with Gasteiger partial charge in [0.05, 0.1) is 7.11 Å². The Hall–Kier alpha value is -0.630. The second kappa shape index (κ2) is 6.64. The first-order valence-corrected chi connectivity index (χ1v) is 9.22. The maximum atomic E-state index is 13.1. The summed E-state index contributed by atoms with van der Waals surface area (Å²) in [6.45, 7) is 2.27. The topological polar surface area (TPSA) is 72.6 Å².